The van der Waals surface area contributed by atoms with Crippen LogP contribution in [0.3, 0.4) is 0 Å². The van der Waals surface area contributed by atoms with Crippen LogP contribution in [0.1, 0.15) is 43.0 Å². The van der Waals surface area contributed by atoms with Crippen LogP contribution in [-0.4, -0.2) is 23.0 Å². The van der Waals surface area contributed by atoms with Crippen LogP contribution in [-0.2, 0) is 40.3 Å². The largest absolute Gasteiger partial charge is 1.00 e. The second kappa shape index (κ2) is 14.4. The molecule has 0 saturated carbocycles. The van der Waals surface area contributed by atoms with Crippen molar-refractivity contribution in [2.24, 2.45) is 5.92 Å². The van der Waals surface area contributed by atoms with Crippen molar-refractivity contribution in [1.29, 1.82) is 0 Å². The van der Waals surface area contributed by atoms with E-state index in [2.05, 4.69) is 36.3 Å². The summed E-state index contributed by atoms with van der Waals surface area (Å²) in [5, 5.41) is 2.53. The van der Waals surface area contributed by atoms with E-state index < -0.39 is 0 Å². The number of aldehydes is 1. The fraction of sp³-hybridized carbons (Fsp3) is 0.308. The van der Waals surface area contributed by atoms with Gasteiger partial charge in [-0.15, -0.1) is 12.8 Å². The number of rotatable bonds is 7. The van der Waals surface area contributed by atoms with Gasteiger partial charge in [0.2, 0.25) is 5.91 Å². The molecule has 0 radical (unpaired) electrons. The Balaban J connectivity index is 0.00000121. The second-order valence-electron chi connectivity index (χ2n) is 7.76. The molecule has 1 aliphatic rings. The van der Waals surface area contributed by atoms with E-state index >= 15 is 0 Å². The minimum absolute atomic E-state index is 0. The topological polar surface area (TPSA) is 66.5 Å². The van der Waals surface area contributed by atoms with E-state index in [1.807, 2.05) is 49.1 Å². The fourth-order valence-corrected chi connectivity index (χ4v) is 3.57. The summed E-state index contributed by atoms with van der Waals surface area (Å²) in [6.07, 6.45) is 4.48. The summed E-state index contributed by atoms with van der Waals surface area (Å²) >= 11 is 0. The molecule has 164 valence electrons. The van der Waals surface area contributed by atoms with Crippen molar-refractivity contribution < 1.29 is 65.8 Å². The molecule has 0 fully saturated rings. The van der Waals surface area contributed by atoms with Gasteiger partial charge in [-0.3, -0.25) is 4.79 Å². The third-order valence-electron chi connectivity index (χ3n) is 5.00. The average Bonchev–Trinajstić information content (AvgIpc) is 3.18. The number of carbonyl (C=O) groups excluding carboxylic acids is 3. The number of hydrogen-bond acceptors (Lipinski definition) is 3. The molecule has 2 aromatic carbocycles. The van der Waals surface area contributed by atoms with E-state index in [9.17, 15) is 9.59 Å². The normalized spacial score (nSPS) is 11.4. The van der Waals surface area contributed by atoms with E-state index in [1.54, 1.807) is 0 Å². The predicted molar refractivity (Wildman–Crippen MR) is 121 cm³/mol. The minimum atomic E-state index is -0.117. The van der Waals surface area contributed by atoms with Crippen molar-refractivity contribution in [2.75, 3.05) is 0 Å². The number of hydrogen-bond donors (Lipinski definition) is 1. The Bertz CT molecular complexity index is 913. The molecule has 0 atom stereocenters. The number of amides is 2. The molecule has 0 aromatic heterocycles. The van der Waals surface area contributed by atoms with Gasteiger partial charge in [-0.05, 0) is 18.1 Å². The molecule has 2 aromatic rings. The zero-order chi connectivity index (χ0) is 22.8. The molecule has 1 aliphatic carbocycles. The molecule has 0 aliphatic heterocycles. The van der Waals surface area contributed by atoms with E-state index in [4.69, 9.17) is 4.79 Å². The third kappa shape index (κ3) is 8.33. The van der Waals surface area contributed by atoms with E-state index in [1.165, 1.54) is 12.5 Å². The number of benzene rings is 2. The maximum Gasteiger partial charge on any atom is 1.00 e. The minimum Gasteiger partial charge on any atom is -0.521 e. The van der Waals surface area contributed by atoms with E-state index in [0.29, 0.717) is 25.9 Å². The SMILES string of the molecule is C=[C-]NC(=O)[C-]1Cc2ccc(CN(Cc3ccccc3)C(=O)C(C)C)cc2C1.CC=O.[K+]. The molecule has 3 rings (SSSR count). The summed E-state index contributed by atoms with van der Waals surface area (Å²) < 4.78 is 0. The summed E-state index contributed by atoms with van der Waals surface area (Å²) in [5.74, 6) is 0.783. The second-order valence-corrected chi connectivity index (χ2v) is 7.76. The molecule has 0 unspecified atom stereocenters. The van der Waals surface area contributed by atoms with E-state index in [0.717, 1.165) is 28.9 Å². The van der Waals surface area contributed by atoms with Gasteiger partial charge < -0.3 is 25.7 Å². The van der Waals surface area contributed by atoms with E-state index in [-0.39, 0.29) is 69.1 Å². The van der Waals surface area contributed by atoms with Crippen LogP contribution >= 0.6 is 0 Å². The Morgan fingerprint density at radius 1 is 1.09 bits per heavy atom. The van der Waals surface area contributed by atoms with Crippen LogP contribution in [0.25, 0.3) is 0 Å². The Morgan fingerprint density at radius 2 is 1.69 bits per heavy atom. The molecule has 0 heterocycles. The van der Waals surface area contributed by atoms with Gasteiger partial charge in [-0.2, -0.15) is 12.8 Å². The van der Waals surface area contributed by atoms with Crippen molar-refractivity contribution in [3.8, 4) is 0 Å². The smallest absolute Gasteiger partial charge is 0.521 e. The molecule has 2 amide bonds. The maximum atomic E-state index is 12.8. The Hall–Kier alpha value is -1.70. The van der Waals surface area contributed by atoms with Gasteiger partial charge in [0.1, 0.15) is 6.29 Å². The van der Waals surface area contributed by atoms with Gasteiger partial charge in [0, 0.05) is 19.0 Å². The first-order valence-electron chi connectivity index (χ1n) is 10.4. The maximum absolute atomic E-state index is 12.8. The van der Waals surface area contributed by atoms with Crippen molar-refractivity contribution in [3.63, 3.8) is 0 Å². The summed E-state index contributed by atoms with van der Waals surface area (Å²) in [6.45, 7) is 9.87. The number of nitrogens with zero attached hydrogens (tertiary/aromatic N) is 1. The Morgan fingerprint density at radius 3 is 2.28 bits per heavy atom. The summed E-state index contributed by atoms with van der Waals surface area (Å²) in [4.78, 5) is 35.5. The summed E-state index contributed by atoms with van der Waals surface area (Å²) in [7, 11) is 0. The van der Waals surface area contributed by atoms with Gasteiger partial charge in [0.15, 0.2) is 0 Å². The molecule has 0 saturated heterocycles. The molecule has 5 nitrogen and oxygen atoms in total. The first kappa shape index (κ1) is 28.3. The molecular formula is C26H30KN2O3-. The molecule has 32 heavy (non-hydrogen) atoms. The predicted octanol–water partition coefficient (Wildman–Crippen LogP) is 0.817. The quantitative estimate of drug-likeness (QED) is 0.290. The van der Waals surface area contributed by atoms with Crippen molar-refractivity contribution in [1.82, 2.24) is 10.2 Å². The average molecular weight is 458 g/mol. The number of nitrogens with one attached hydrogen (secondary N) is 1. The van der Waals surface area contributed by atoms with Crippen molar-refractivity contribution in [3.05, 3.63) is 89.5 Å². The third-order valence-corrected chi connectivity index (χ3v) is 5.00. The molecule has 1 N–H and O–H groups in total. The van der Waals surface area contributed by atoms with Crippen molar-refractivity contribution in [2.45, 2.75) is 46.7 Å². The summed E-state index contributed by atoms with van der Waals surface area (Å²) in [5.41, 5.74) is 4.53. The van der Waals surface area contributed by atoms with Crippen molar-refractivity contribution >= 4 is 18.1 Å². The van der Waals surface area contributed by atoms with Crippen LogP contribution in [0.15, 0.2) is 55.1 Å². The van der Waals surface area contributed by atoms with Crippen LogP contribution in [0.4, 0.5) is 0 Å². The zero-order valence-corrected chi connectivity index (χ0v) is 22.6. The Labute approximate surface area is 234 Å². The zero-order valence-electron chi connectivity index (χ0n) is 19.5. The summed E-state index contributed by atoms with van der Waals surface area (Å²) in [6, 6.07) is 16.3. The van der Waals surface area contributed by atoms with Gasteiger partial charge in [-0.25, -0.2) is 0 Å². The first-order valence-corrected chi connectivity index (χ1v) is 10.4. The van der Waals surface area contributed by atoms with Crippen LogP contribution in [0.2, 0.25) is 0 Å². The van der Waals surface area contributed by atoms with Gasteiger partial charge >= 0.3 is 51.4 Å². The van der Waals surface area contributed by atoms with Crippen LogP contribution < -0.4 is 56.7 Å². The number of fused-ring (bicyclic) bond motifs is 1. The molecule has 0 bridgehead atoms. The molecular weight excluding hydrogens is 427 g/mol. The Kier molecular flexibility index (Phi) is 12.8. The van der Waals surface area contributed by atoms with Crippen LogP contribution in [0.5, 0.6) is 0 Å². The van der Waals surface area contributed by atoms with Gasteiger partial charge in [0.25, 0.3) is 0 Å². The number of carbonyl (C=O) groups is 3. The van der Waals surface area contributed by atoms with Gasteiger partial charge in [0.05, 0.1) is 0 Å². The molecule has 0 spiro atoms. The van der Waals surface area contributed by atoms with Gasteiger partial charge in [-0.1, -0.05) is 79.4 Å². The monoisotopic (exact) mass is 457 g/mol. The van der Waals surface area contributed by atoms with Crippen LogP contribution in [0, 0.1) is 18.0 Å². The fourth-order valence-electron chi connectivity index (χ4n) is 3.57. The molecule has 6 heteroatoms. The first-order chi connectivity index (χ1) is 14.9. The standard InChI is InChI=1S/C24H26N2O2.C2H4O.K/c1-4-25-23(27)22-13-20-11-10-19(12-21(20)14-22)16-26(24(28)17(2)3)15-18-8-6-5-7-9-18;1-2-3;/h5-12,17H,1,13-16H2,2-3H3,(H,25,27);2H,1H3;/q-2;;+1.